The van der Waals surface area contributed by atoms with E-state index in [0.717, 1.165) is 25.3 Å². The number of ether oxygens (including phenoxy) is 2. The number of benzene rings is 2. The molecule has 0 aliphatic heterocycles. The molecule has 0 heterocycles. The Bertz CT molecular complexity index is 1030. The number of carbonyl (C=O) groups excluding carboxylic acids is 4. The molecule has 31 heavy (non-hydrogen) atoms. The van der Waals surface area contributed by atoms with Gasteiger partial charge in [-0.2, -0.15) is 0 Å². The normalized spacial score (nSPS) is 10.0. The lowest BCUT2D eigenvalue weighted by Gasteiger charge is -2.09. The van der Waals surface area contributed by atoms with Crippen molar-refractivity contribution >= 4 is 35.1 Å². The van der Waals surface area contributed by atoms with Gasteiger partial charge in [-0.3, -0.25) is 19.7 Å². The summed E-state index contributed by atoms with van der Waals surface area (Å²) in [6.07, 6.45) is 0. The first-order chi connectivity index (χ1) is 14.7. The van der Waals surface area contributed by atoms with E-state index in [9.17, 15) is 29.3 Å². The molecular weight excluding hydrogens is 410 g/mol. The summed E-state index contributed by atoms with van der Waals surface area (Å²) in [5, 5.41) is 16.1. The molecule has 0 radical (unpaired) electrons. The van der Waals surface area contributed by atoms with Gasteiger partial charge in [-0.05, 0) is 31.2 Å². The van der Waals surface area contributed by atoms with Crippen molar-refractivity contribution in [3.05, 3.63) is 69.3 Å². The number of nitrogens with zero attached hydrogens (tertiary/aromatic N) is 1. The van der Waals surface area contributed by atoms with Gasteiger partial charge >= 0.3 is 11.9 Å². The maximum atomic E-state index is 12.2. The molecular formula is C20H19N3O8. The van der Waals surface area contributed by atoms with E-state index in [-0.39, 0.29) is 17.0 Å². The number of carbonyl (C=O) groups is 4. The van der Waals surface area contributed by atoms with Crippen molar-refractivity contribution in [2.24, 2.45) is 0 Å². The molecule has 0 saturated carbocycles. The fourth-order valence-corrected chi connectivity index (χ4v) is 2.48. The molecule has 2 aromatic carbocycles. The van der Waals surface area contributed by atoms with Crippen molar-refractivity contribution in [3.8, 4) is 0 Å². The Morgan fingerprint density at radius 3 is 2.29 bits per heavy atom. The summed E-state index contributed by atoms with van der Waals surface area (Å²) in [4.78, 5) is 58.1. The Hall–Kier alpha value is -4.28. The number of esters is 2. The monoisotopic (exact) mass is 429 g/mol. The van der Waals surface area contributed by atoms with Gasteiger partial charge in [0.15, 0.2) is 6.61 Å². The average molecular weight is 429 g/mol. The minimum absolute atomic E-state index is 0.213. The smallest absolute Gasteiger partial charge is 0.338 e. The summed E-state index contributed by atoms with van der Waals surface area (Å²) in [6, 6.07) is 9.08. The zero-order valence-corrected chi connectivity index (χ0v) is 16.7. The Morgan fingerprint density at radius 1 is 1.00 bits per heavy atom. The van der Waals surface area contributed by atoms with Crippen molar-refractivity contribution in [2.45, 2.75) is 6.92 Å². The molecule has 0 fully saturated rings. The van der Waals surface area contributed by atoms with Crippen LogP contribution in [0.15, 0.2) is 42.5 Å². The van der Waals surface area contributed by atoms with E-state index in [2.05, 4.69) is 15.4 Å². The maximum Gasteiger partial charge on any atom is 0.338 e. The SMILES string of the molecule is CCNC(=O)c1cccc(NC(=O)COC(=O)c2cc(C(=O)OC)cc([N+](=O)[O-])c2)c1. The van der Waals surface area contributed by atoms with Crippen LogP contribution in [-0.4, -0.2) is 48.9 Å². The second-order valence-corrected chi connectivity index (χ2v) is 6.08. The maximum absolute atomic E-state index is 12.2. The zero-order chi connectivity index (χ0) is 23.0. The van der Waals surface area contributed by atoms with E-state index in [1.54, 1.807) is 25.1 Å². The number of anilines is 1. The van der Waals surface area contributed by atoms with Crippen LogP contribution in [0.4, 0.5) is 11.4 Å². The number of nitrogens with one attached hydrogen (secondary N) is 2. The van der Waals surface area contributed by atoms with Crippen LogP contribution < -0.4 is 10.6 Å². The second-order valence-electron chi connectivity index (χ2n) is 6.08. The van der Waals surface area contributed by atoms with Crippen LogP contribution in [0, 0.1) is 10.1 Å². The van der Waals surface area contributed by atoms with Crippen molar-refractivity contribution in [3.63, 3.8) is 0 Å². The van der Waals surface area contributed by atoms with Crippen LogP contribution in [0.25, 0.3) is 0 Å². The first-order valence-corrected chi connectivity index (χ1v) is 8.98. The molecule has 0 aliphatic carbocycles. The third kappa shape index (κ3) is 6.35. The Balaban J connectivity index is 2.06. The van der Waals surface area contributed by atoms with Gasteiger partial charge in [0.1, 0.15) is 0 Å². The molecule has 162 valence electrons. The van der Waals surface area contributed by atoms with E-state index in [1.165, 1.54) is 6.07 Å². The van der Waals surface area contributed by atoms with E-state index in [4.69, 9.17) is 4.74 Å². The van der Waals surface area contributed by atoms with Crippen LogP contribution in [-0.2, 0) is 14.3 Å². The largest absolute Gasteiger partial charge is 0.465 e. The van der Waals surface area contributed by atoms with Crippen molar-refractivity contribution in [1.82, 2.24) is 5.32 Å². The van der Waals surface area contributed by atoms with E-state index < -0.39 is 35.1 Å². The number of methoxy groups -OCH3 is 1. The van der Waals surface area contributed by atoms with E-state index in [1.807, 2.05) is 0 Å². The standard InChI is InChI=1S/C20H19N3O8/c1-3-21-18(25)12-5-4-6-15(8-12)22-17(24)11-31-20(27)14-7-13(19(26)30-2)9-16(10-14)23(28)29/h4-10H,3,11H2,1-2H3,(H,21,25)(H,22,24). The van der Waals surface area contributed by atoms with E-state index in [0.29, 0.717) is 17.8 Å². The third-order valence-corrected chi connectivity index (χ3v) is 3.87. The number of hydrogen-bond donors (Lipinski definition) is 2. The van der Waals surface area contributed by atoms with Crippen LogP contribution >= 0.6 is 0 Å². The molecule has 0 saturated heterocycles. The third-order valence-electron chi connectivity index (χ3n) is 3.87. The summed E-state index contributed by atoms with van der Waals surface area (Å²) in [7, 11) is 1.09. The molecule has 0 aromatic heterocycles. The minimum atomic E-state index is -1.04. The highest BCUT2D eigenvalue weighted by Crippen LogP contribution is 2.19. The topological polar surface area (TPSA) is 154 Å². The summed E-state index contributed by atoms with van der Waals surface area (Å²) in [5.74, 6) is -2.92. The molecule has 0 atom stereocenters. The van der Waals surface area contributed by atoms with Crippen LogP contribution in [0.5, 0.6) is 0 Å². The van der Waals surface area contributed by atoms with Crippen molar-refractivity contribution in [1.29, 1.82) is 0 Å². The first kappa shape index (κ1) is 23.0. The van der Waals surface area contributed by atoms with Gasteiger partial charge < -0.3 is 20.1 Å². The number of nitro benzene ring substituents is 1. The lowest BCUT2D eigenvalue weighted by atomic mass is 10.1. The molecule has 2 N–H and O–H groups in total. The highest BCUT2D eigenvalue weighted by molar-refractivity contribution is 5.99. The van der Waals surface area contributed by atoms with Crippen LogP contribution in [0.1, 0.15) is 38.0 Å². The van der Waals surface area contributed by atoms with Crippen molar-refractivity contribution < 1.29 is 33.6 Å². The number of amides is 2. The number of non-ortho nitro benzene ring substituents is 1. The summed E-state index contributed by atoms with van der Waals surface area (Å²) in [6.45, 7) is 1.52. The van der Waals surface area contributed by atoms with Crippen LogP contribution in [0.2, 0.25) is 0 Å². The number of hydrogen-bond acceptors (Lipinski definition) is 8. The Morgan fingerprint density at radius 2 is 1.68 bits per heavy atom. The molecule has 0 unspecified atom stereocenters. The molecule has 11 nitrogen and oxygen atoms in total. The van der Waals surface area contributed by atoms with Gasteiger partial charge in [0.2, 0.25) is 0 Å². The van der Waals surface area contributed by atoms with Gasteiger partial charge in [0.05, 0.1) is 23.2 Å². The van der Waals surface area contributed by atoms with Gasteiger partial charge in [0.25, 0.3) is 17.5 Å². The average Bonchev–Trinajstić information content (AvgIpc) is 2.76. The molecule has 0 spiro atoms. The van der Waals surface area contributed by atoms with Gasteiger partial charge in [-0.25, -0.2) is 9.59 Å². The molecule has 2 rings (SSSR count). The highest BCUT2D eigenvalue weighted by Gasteiger charge is 2.20. The molecule has 2 aromatic rings. The lowest BCUT2D eigenvalue weighted by molar-refractivity contribution is -0.384. The summed E-state index contributed by atoms with van der Waals surface area (Å²) in [5.41, 5.74) is -0.367. The predicted molar refractivity (Wildman–Crippen MR) is 108 cm³/mol. The van der Waals surface area contributed by atoms with Crippen molar-refractivity contribution in [2.75, 3.05) is 25.6 Å². The predicted octanol–water partition coefficient (Wildman–Crippen LogP) is 1.93. The van der Waals surface area contributed by atoms with Crippen LogP contribution in [0.3, 0.4) is 0 Å². The molecule has 0 aliphatic rings. The zero-order valence-electron chi connectivity index (χ0n) is 16.7. The first-order valence-electron chi connectivity index (χ1n) is 8.98. The summed E-state index contributed by atoms with van der Waals surface area (Å²) >= 11 is 0. The molecule has 0 bridgehead atoms. The Labute approximate surface area is 176 Å². The van der Waals surface area contributed by atoms with Gasteiger partial charge in [-0.1, -0.05) is 6.07 Å². The molecule has 11 heteroatoms. The quantitative estimate of drug-likeness (QED) is 0.366. The lowest BCUT2D eigenvalue weighted by Crippen LogP contribution is -2.23. The van der Waals surface area contributed by atoms with E-state index >= 15 is 0 Å². The number of nitro groups is 1. The fraction of sp³-hybridized carbons (Fsp3) is 0.200. The second kappa shape index (κ2) is 10.5. The van der Waals surface area contributed by atoms with Gasteiger partial charge in [0, 0.05) is 29.9 Å². The molecule has 2 amide bonds. The summed E-state index contributed by atoms with van der Waals surface area (Å²) < 4.78 is 9.38. The minimum Gasteiger partial charge on any atom is -0.465 e. The Kier molecular flexibility index (Phi) is 7.78. The fourth-order valence-electron chi connectivity index (χ4n) is 2.48. The van der Waals surface area contributed by atoms with Gasteiger partial charge in [-0.15, -0.1) is 0 Å². The highest BCUT2D eigenvalue weighted by atomic mass is 16.6. The number of rotatable bonds is 8.